The maximum atomic E-state index is 11.0. The third-order valence-electron chi connectivity index (χ3n) is 6.11. The first-order valence-electron chi connectivity index (χ1n) is 10.5. The van der Waals surface area contributed by atoms with E-state index < -0.39 is 0 Å². The summed E-state index contributed by atoms with van der Waals surface area (Å²) in [7, 11) is 0. The van der Waals surface area contributed by atoms with Crippen LogP contribution < -0.4 is 9.80 Å². The van der Waals surface area contributed by atoms with Crippen LogP contribution in [0.4, 0.5) is 11.4 Å². The number of aromatic hydroxyl groups is 1. The van der Waals surface area contributed by atoms with Crippen LogP contribution in [0.2, 0.25) is 0 Å². The number of anilines is 2. The van der Waals surface area contributed by atoms with Crippen LogP contribution in [0.1, 0.15) is 22.9 Å². The number of phenolic OH excluding ortho intramolecular Hbond substituents is 1. The van der Waals surface area contributed by atoms with Crippen molar-refractivity contribution in [1.29, 1.82) is 0 Å². The molecule has 4 aromatic rings. The number of hydrogen-bond donors (Lipinski definition) is 1. The van der Waals surface area contributed by atoms with E-state index in [1.807, 2.05) is 24.3 Å². The molecule has 0 amide bonds. The molecule has 3 heteroatoms. The van der Waals surface area contributed by atoms with Crippen molar-refractivity contribution < 1.29 is 5.11 Å². The summed E-state index contributed by atoms with van der Waals surface area (Å²) >= 11 is 0. The molecule has 0 spiro atoms. The van der Waals surface area contributed by atoms with Gasteiger partial charge in [-0.2, -0.15) is 0 Å². The number of fused-ring (bicyclic) bond motifs is 1. The minimum Gasteiger partial charge on any atom is -0.507 e. The lowest BCUT2D eigenvalue weighted by molar-refractivity contribution is 0.463. The summed E-state index contributed by atoms with van der Waals surface area (Å²) < 4.78 is 0. The Morgan fingerprint density at radius 2 is 1.20 bits per heavy atom. The third kappa shape index (κ3) is 3.17. The summed E-state index contributed by atoms with van der Waals surface area (Å²) in [5, 5.41) is 13.3. The minimum atomic E-state index is -0.0819. The van der Waals surface area contributed by atoms with Crippen molar-refractivity contribution in [2.45, 2.75) is 20.0 Å². The molecule has 5 rings (SSSR count). The molecule has 30 heavy (non-hydrogen) atoms. The second kappa shape index (κ2) is 7.42. The van der Waals surface area contributed by atoms with Gasteiger partial charge in [0.15, 0.2) is 0 Å². The molecule has 0 bridgehead atoms. The molecule has 0 aromatic heterocycles. The second-order valence-electron chi connectivity index (χ2n) is 8.15. The van der Waals surface area contributed by atoms with Crippen LogP contribution in [0.3, 0.4) is 0 Å². The number of hydrogen-bond acceptors (Lipinski definition) is 3. The van der Waals surface area contributed by atoms with Crippen LogP contribution in [-0.4, -0.2) is 18.2 Å². The normalized spacial score (nSPS) is 14.6. The molecule has 0 atom stereocenters. The molecule has 150 valence electrons. The van der Waals surface area contributed by atoms with Crippen molar-refractivity contribution in [1.82, 2.24) is 0 Å². The van der Waals surface area contributed by atoms with Gasteiger partial charge in [0, 0.05) is 30.0 Å². The van der Waals surface area contributed by atoms with Crippen molar-refractivity contribution >= 4 is 22.1 Å². The maximum absolute atomic E-state index is 11.0. The summed E-state index contributed by atoms with van der Waals surface area (Å²) in [6.45, 7) is 6.01. The van der Waals surface area contributed by atoms with E-state index in [1.165, 1.54) is 22.5 Å². The zero-order valence-electron chi connectivity index (χ0n) is 17.4. The predicted octanol–water partition coefficient (Wildman–Crippen LogP) is 6.19. The van der Waals surface area contributed by atoms with E-state index in [4.69, 9.17) is 0 Å². The first kappa shape index (κ1) is 18.6. The van der Waals surface area contributed by atoms with Gasteiger partial charge in [-0.3, -0.25) is 0 Å². The standard InChI is InChI=1S/C27H26N2O/c1-19-7-12-22(13-8-19)28-17-18-29(23-14-9-20(2)10-15-23)27(28)26-24-6-4-3-5-21(24)11-16-25(26)30/h3-16,27,30H,17-18H2,1-2H3. The summed E-state index contributed by atoms with van der Waals surface area (Å²) in [5.41, 5.74) is 5.81. The topological polar surface area (TPSA) is 26.7 Å². The SMILES string of the molecule is Cc1ccc(N2CCN(c3ccc(C)cc3)C2c2c(O)ccc3ccccc23)cc1. The van der Waals surface area contributed by atoms with Gasteiger partial charge in [0.05, 0.1) is 0 Å². The Morgan fingerprint density at radius 3 is 1.77 bits per heavy atom. The lowest BCUT2D eigenvalue weighted by atomic mass is 9.99. The van der Waals surface area contributed by atoms with Crippen LogP contribution >= 0.6 is 0 Å². The lowest BCUT2D eigenvalue weighted by Gasteiger charge is -2.34. The Bertz CT molecular complexity index is 1130. The Kier molecular flexibility index (Phi) is 4.59. The fraction of sp³-hybridized carbons (Fsp3) is 0.185. The lowest BCUT2D eigenvalue weighted by Crippen LogP contribution is -2.31. The molecular weight excluding hydrogens is 368 g/mol. The fourth-order valence-corrected chi connectivity index (χ4v) is 4.51. The van der Waals surface area contributed by atoms with E-state index in [0.717, 1.165) is 29.4 Å². The smallest absolute Gasteiger partial charge is 0.132 e. The minimum absolute atomic E-state index is 0.0819. The highest BCUT2D eigenvalue weighted by molar-refractivity contribution is 5.89. The van der Waals surface area contributed by atoms with Crippen molar-refractivity contribution in [3.05, 3.63) is 102 Å². The van der Waals surface area contributed by atoms with E-state index in [-0.39, 0.29) is 6.17 Å². The molecule has 1 heterocycles. The molecule has 0 aliphatic carbocycles. The molecule has 1 aliphatic rings. The van der Waals surface area contributed by atoms with E-state index in [0.29, 0.717) is 5.75 Å². The number of benzene rings is 4. The zero-order chi connectivity index (χ0) is 20.7. The largest absolute Gasteiger partial charge is 0.507 e. The van der Waals surface area contributed by atoms with Crippen molar-refractivity contribution in [3.63, 3.8) is 0 Å². The number of rotatable bonds is 3. The molecule has 0 saturated carbocycles. The second-order valence-corrected chi connectivity index (χ2v) is 8.15. The van der Waals surface area contributed by atoms with Gasteiger partial charge in [0.1, 0.15) is 11.9 Å². The maximum Gasteiger partial charge on any atom is 0.132 e. The molecule has 4 aromatic carbocycles. The first-order valence-corrected chi connectivity index (χ1v) is 10.5. The quantitative estimate of drug-likeness (QED) is 0.449. The van der Waals surface area contributed by atoms with Gasteiger partial charge in [-0.15, -0.1) is 0 Å². The van der Waals surface area contributed by atoms with E-state index in [9.17, 15) is 5.11 Å². The Morgan fingerprint density at radius 1 is 0.667 bits per heavy atom. The van der Waals surface area contributed by atoms with Crippen LogP contribution in [0.5, 0.6) is 5.75 Å². The van der Waals surface area contributed by atoms with Crippen LogP contribution in [0.25, 0.3) is 10.8 Å². The van der Waals surface area contributed by atoms with Gasteiger partial charge >= 0.3 is 0 Å². The predicted molar refractivity (Wildman–Crippen MR) is 125 cm³/mol. The number of nitrogens with zero attached hydrogens (tertiary/aromatic N) is 2. The average Bonchev–Trinajstić information content (AvgIpc) is 3.19. The molecule has 0 radical (unpaired) electrons. The Labute approximate surface area is 177 Å². The highest BCUT2D eigenvalue weighted by atomic mass is 16.3. The molecular formula is C27H26N2O. The Balaban J connectivity index is 1.70. The fourth-order valence-electron chi connectivity index (χ4n) is 4.51. The van der Waals surface area contributed by atoms with Gasteiger partial charge in [0.2, 0.25) is 0 Å². The van der Waals surface area contributed by atoms with Crippen LogP contribution in [-0.2, 0) is 0 Å². The van der Waals surface area contributed by atoms with Crippen LogP contribution in [0.15, 0.2) is 84.9 Å². The van der Waals surface area contributed by atoms with Gasteiger partial charge < -0.3 is 14.9 Å². The molecule has 0 unspecified atom stereocenters. The van der Waals surface area contributed by atoms with E-state index in [1.54, 1.807) is 0 Å². The summed E-state index contributed by atoms with van der Waals surface area (Å²) in [6.07, 6.45) is -0.0819. The van der Waals surface area contributed by atoms with E-state index >= 15 is 0 Å². The molecule has 1 N–H and O–H groups in total. The number of aryl methyl sites for hydroxylation is 2. The highest BCUT2D eigenvalue weighted by Crippen LogP contribution is 2.43. The monoisotopic (exact) mass is 394 g/mol. The molecule has 1 fully saturated rings. The van der Waals surface area contributed by atoms with Crippen LogP contribution in [0, 0.1) is 13.8 Å². The molecule has 3 nitrogen and oxygen atoms in total. The summed E-state index contributed by atoms with van der Waals surface area (Å²) in [5.74, 6) is 0.342. The van der Waals surface area contributed by atoms with Crippen molar-refractivity contribution in [3.8, 4) is 5.75 Å². The van der Waals surface area contributed by atoms with Gasteiger partial charge in [-0.25, -0.2) is 0 Å². The third-order valence-corrected chi connectivity index (χ3v) is 6.11. The summed E-state index contributed by atoms with van der Waals surface area (Å²) in [4.78, 5) is 4.81. The average molecular weight is 395 g/mol. The van der Waals surface area contributed by atoms with Crippen molar-refractivity contribution in [2.75, 3.05) is 22.9 Å². The number of phenols is 1. The van der Waals surface area contributed by atoms with Crippen molar-refractivity contribution in [2.24, 2.45) is 0 Å². The van der Waals surface area contributed by atoms with E-state index in [2.05, 4.69) is 84.3 Å². The molecule has 1 saturated heterocycles. The highest BCUT2D eigenvalue weighted by Gasteiger charge is 2.36. The first-order chi connectivity index (χ1) is 14.6. The summed E-state index contributed by atoms with van der Waals surface area (Å²) in [6, 6.07) is 29.5. The molecule has 1 aliphatic heterocycles. The van der Waals surface area contributed by atoms with Gasteiger partial charge in [-0.1, -0.05) is 65.7 Å². The van der Waals surface area contributed by atoms with Gasteiger partial charge in [-0.05, 0) is 55.0 Å². The Hall–Kier alpha value is -3.46. The van der Waals surface area contributed by atoms with Gasteiger partial charge in [0.25, 0.3) is 0 Å². The zero-order valence-corrected chi connectivity index (χ0v) is 17.4.